The number of hydrogen-bond acceptors (Lipinski definition) is 4. The smallest absolute Gasteiger partial charge is 0.283 e. The second kappa shape index (κ2) is 8.45. The second-order valence-corrected chi connectivity index (χ2v) is 7.20. The molecule has 0 radical (unpaired) electrons. The Labute approximate surface area is 164 Å². The summed E-state index contributed by atoms with van der Waals surface area (Å²) in [6, 6.07) is 19.3. The molecule has 3 rings (SSSR count). The highest BCUT2D eigenvalue weighted by atomic mass is 35.5. The van der Waals surface area contributed by atoms with Gasteiger partial charge >= 0.3 is 0 Å². The molecule has 0 bridgehead atoms. The fraction of sp³-hybridized carbons (Fsp3) is 0.0526. The number of hydrogen-bond donors (Lipinski definition) is 0. The van der Waals surface area contributed by atoms with Gasteiger partial charge in [0, 0.05) is 22.9 Å². The molecule has 4 nitrogen and oxygen atoms in total. The summed E-state index contributed by atoms with van der Waals surface area (Å²) in [4.78, 5) is 11.4. The molecule has 0 saturated heterocycles. The molecule has 0 heterocycles. The fourth-order valence-corrected chi connectivity index (χ4v) is 3.70. The zero-order chi connectivity index (χ0) is 18.5. The van der Waals surface area contributed by atoms with Crippen LogP contribution in [0, 0.1) is 10.1 Å². The molecule has 0 amide bonds. The van der Waals surface area contributed by atoms with E-state index in [9.17, 15) is 10.1 Å². The highest BCUT2D eigenvalue weighted by Gasteiger charge is 2.16. The number of halogens is 2. The van der Waals surface area contributed by atoms with Crippen molar-refractivity contribution in [2.45, 2.75) is 10.6 Å². The van der Waals surface area contributed by atoms with E-state index in [1.54, 1.807) is 30.3 Å². The summed E-state index contributed by atoms with van der Waals surface area (Å²) >= 11 is 13.4. The third-order valence-electron chi connectivity index (χ3n) is 3.49. The van der Waals surface area contributed by atoms with Crippen LogP contribution in [0.25, 0.3) is 0 Å². The lowest BCUT2D eigenvalue weighted by Gasteiger charge is -2.10. The van der Waals surface area contributed by atoms with Crippen molar-refractivity contribution in [3.05, 3.63) is 92.5 Å². The van der Waals surface area contributed by atoms with E-state index < -0.39 is 4.92 Å². The van der Waals surface area contributed by atoms with Crippen LogP contribution >= 0.6 is 35.0 Å². The maximum Gasteiger partial charge on any atom is 0.283 e. The van der Waals surface area contributed by atoms with E-state index >= 15 is 0 Å². The summed E-state index contributed by atoms with van der Waals surface area (Å²) in [5.74, 6) is 1.52. The van der Waals surface area contributed by atoms with E-state index in [2.05, 4.69) is 0 Å². The lowest BCUT2D eigenvalue weighted by Crippen LogP contribution is -1.93. The molecular weight excluding hydrogens is 393 g/mol. The number of nitro groups is 1. The summed E-state index contributed by atoms with van der Waals surface area (Å²) in [6.07, 6.45) is 0. The van der Waals surface area contributed by atoms with Crippen LogP contribution in [0.15, 0.2) is 71.6 Å². The lowest BCUT2D eigenvalue weighted by molar-refractivity contribution is -0.387. The van der Waals surface area contributed by atoms with Crippen molar-refractivity contribution in [1.29, 1.82) is 0 Å². The molecule has 0 aliphatic carbocycles. The zero-order valence-electron chi connectivity index (χ0n) is 13.4. The molecule has 26 heavy (non-hydrogen) atoms. The average molecular weight is 406 g/mol. The molecule has 0 saturated carbocycles. The SMILES string of the molecule is O=[N+]([O-])c1ccc(Oc2ccc(Cl)cc2Cl)cc1SCc1ccccc1. The molecule has 0 fully saturated rings. The van der Waals surface area contributed by atoms with E-state index in [1.807, 2.05) is 30.3 Å². The Balaban J connectivity index is 1.84. The summed E-state index contributed by atoms with van der Waals surface area (Å²) in [6.45, 7) is 0. The van der Waals surface area contributed by atoms with Crippen LogP contribution in [0.4, 0.5) is 5.69 Å². The number of thioether (sulfide) groups is 1. The van der Waals surface area contributed by atoms with Crippen LogP contribution in [0.2, 0.25) is 10.0 Å². The summed E-state index contributed by atoms with van der Waals surface area (Å²) in [5.41, 5.74) is 1.12. The van der Waals surface area contributed by atoms with Crippen molar-refractivity contribution in [1.82, 2.24) is 0 Å². The van der Waals surface area contributed by atoms with Crippen LogP contribution in [-0.2, 0) is 5.75 Å². The molecule has 0 unspecified atom stereocenters. The average Bonchev–Trinajstić information content (AvgIpc) is 2.63. The summed E-state index contributed by atoms with van der Waals surface area (Å²) < 4.78 is 5.77. The molecule has 0 aliphatic heterocycles. The van der Waals surface area contributed by atoms with Crippen LogP contribution in [0.5, 0.6) is 11.5 Å². The normalized spacial score (nSPS) is 10.5. The van der Waals surface area contributed by atoms with Gasteiger partial charge in [-0.3, -0.25) is 10.1 Å². The first-order valence-electron chi connectivity index (χ1n) is 7.61. The monoisotopic (exact) mass is 405 g/mol. The van der Waals surface area contributed by atoms with E-state index in [0.717, 1.165) is 5.56 Å². The van der Waals surface area contributed by atoms with Gasteiger partial charge in [0.2, 0.25) is 0 Å². The van der Waals surface area contributed by atoms with Crippen LogP contribution in [0.3, 0.4) is 0 Å². The third-order valence-corrected chi connectivity index (χ3v) is 5.13. The minimum atomic E-state index is -0.396. The Morgan fingerprint density at radius 1 is 1.00 bits per heavy atom. The molecule has 132 valence electrons. The minimum absolute atomic E-state index is 0.0421. The Hall–Kier alpha value is -2.21. The largest absolute Gasteiger partial charge is 0.456 e. The van der Waals surface area contributed by atoms with Gasteiger partial charge in [-0.05, 0) is 29.8 Å². The molecule has 0 aliphatic rings. The van der Waals surface area contributed by atoms with Crippen molar-refractivity contribution in [2.75, 3.05) is 0 Å². The van der Waals surface area contributed by atoms with Crippen molar-refractivity contribution in [3.63, 3.8) is 0 Å². The van der Waals surface area contributed by atoms with Crippen LogP contribution in [0.1, 0.15) is 5.56 Å². The van der Waals surface area contributed by atoms with Crippen molar-refractivity contribution in [2.24, 2.45) is 0 Å². The first kappa shape index (κ1) is 18.6. The van der Waals surface area contributed by atoms with Crippen molar-refractivity contribution in [3.8, 4) is 11.5 Å². The quantitative estimate of drug-likeness (QED) is 0.252. The molecule has 0 N–H and O–H groups in total. The van der Waals surface area contributed by atoms with Crippen LogP contribution in [-0.4, -0.2) is 4.92 Å². The minimum Gasteiger partial charge on any atom is -0.456 e. The number of benzene rings is 3. The summed E-state index contributed by atoms with van der Waals surface area (Å²) in [5, 5.41) is 12.2. The zero-order valence-corrected chi connectivity index (χ0v) is 15.7. The van der Waals surface area contributed by atoms with Gasteiger partial charge in [0.1, 0.15) is 11.5 Å². The highest BCUT2D eigenvalue weighted by Crippen LogP contribution is 2.37. The molecule has 0 aromatic heterocycles. The standard InChI is InChI=1S/C19H13Cl2NO3S/c20-14-6-9-18(16(21)10-14)25-15-7-8-17(22(23)24)19(11-15)26-12-13-4-2-1-3-5-13/h1-11H,12H2. The molecule has 3 aromatic rings. The molecular formula is C19H13Cl2NO3S. The van der Waals surface area contributed by atoms with Crippen LogP contribution < -0.4 is 4.74 Å². The van der Waals surface area contributed by atoms with E-state index in [4.69, 9.17) is 27.9 Å². The number of ether oxygens (including phenoxy) is 1. The molecule has 0 atom stereocenters. The van der Waals surface area contributed by atoms with Gasteiger partial charge in [-0.15, -0.1) is 11.8 Å². The second-order valence-electron chi connectivity index (χ2n) is 5.34. The first-order chi connectivity index (χ1) is 12.5. The Morgan fingerprint density at radius 2 is 1.77 bits per heavy atom. The third kappa shape index (κ3) is 4.69. The Morgan fingerprint density at radius 3 is 2.46 bits per heavy atom. The fourth-order valence-electron chi connectivity index (χ4n) is 2.24. The number of nitro benzene ring substituents is 1. The topological polar surface area (TPSA) is 52.4 Å². The van der Waals surface area contributed by atoms with Crippen molar-refractivity contribution < 1.29 is 9.66 Å². The van der Waals surface area contributed by atoms with Gasteiger partial charge in [-0.1, -0.05) is 53.5 Å². The predicted octanol–water partition coefficient (Wildman–Crippen LogP) is 6.99. The van der Waals surface area contributed by atoms with Gasteiger partial charge in [0.15, 0.2) is 0 Å². The molecule has 0 spiro atoms. The first-order valence-corrected chi connectivity index (χ1v) is 9.35. The molecule has 7 heteroatoms. The predicted molar refractivity (Wildman–Crippen MR) is 106 cm³/mol. The Kier molecular flexibility index (Phi) is 6.04. The molecule has 3 aromatic carbocycles. The summed E-state index contributed by atoms with van der Waals surface area (Å²) in [7, 11) is 0. The lowest BCUT2D eigenvalue weighted by atomic mass is 10.2. The van der Waals surface area contributed by atoms with E-state index in [-0.39, 0.29) is 5.69 Å². The van der Waals surface area contributed by atoms with E-state index in [0.29, 0.717) is 32.2 Å². The van der Waals surface area contributed by atoms with Gasteiger partial charge < -0.3 is 4.74 Å². The van der Waals surface area contributed by atoms with Gasteiger partial charge in [-0.2, -0.15) is 0 Å². The van der Waals surface area contributed by atoms with Crippen molar-refractivity contribution >= 4 is 40.7 Å². The van der Waals surface area contributed by atoms with E-state index in [1.165, 1.54) is 17.8 Å². The van der Waals surface area contributed by atoms with Gasteiger partial charge in [0.25, 0.3) is 5.69 Å². The number of nitrogens with zero attached hydrogens (tertiary/aromatic N) is 1. The maximum atomic E-state index is 11.3. The van der Waals surface area contributed by atoms with Gasteiger partial charge in [0.05, 0.1) is 14.8 Å². The Bertz CT molecular complexity index is 935. The highest BCUT2D eigenvalue weighted by molar-refractivity contribution is 7.98. The maximum absolute atomic E-state index is 11.3. The van der Waals surface area contributed by atoms with Gasteiger partial charge in [-0.25, -0.2) is 0 Å². The number of rotatable bonds is 6.